The minimum atomic E-state index is -0.493. The number of nitrogens with two attached hydrogens (primary N) is 1. The number of anilines is 1. The smallest absolute Gasteiger partial charge is 0.446 e. The Kier molecular flexibility index (Phi) is 7.73. The number of amides is 3. The summed E-state index contributed by atoms with van der Waals surface area (Å²) < 4.78 is 5.87. The molecule has 0 unspecified atom stereocenters. The first-order chi connectivity index (χ1) is 20.8. The average Bonchev–Trinajstić information content (AvgIpc) is 3.59. The van der Waals surface area contributed by atoms with Crippen molar-refractivity contribution in [3.63, 3.8) is 0 Å². The number of nitrogen functional groups attached to an aromatic ring is 1. The summed E-state index contributed by atoms with van der Waals surface area (Å²) in [7, 11) is 0. The monoisotopic (exact) mass is 581 g/mol. The molecule has 222 valence electrons. The van der Waals surface area contributed by atoms with Crippen LogP contribution in [0.25, 0.3) is 11.0 Å². The molecule has 1 aromatic heterocycles. The van der Waals surface area contributed by atoms with Gasteiger partial charge in [-0.15, -0.1) is 0 Å². The molecule has 4 aromatic rings. The van der Waals surface area contributed by atoms with Gasteiger partial charge in [0.2, 0.25) is 0 Å². The molecule has 43 heavy (non-hydrogen) atoms. The van der Waals surface area contributed by atoms with E-state index in [2.05, 4.69) is 15.4 Å². The second-order valence-corrected chi connectivity index (χ2v) is 11.2. The molecule has 3 aromatic carbocycles. The Morgan fingerprint density at radius 2 is 1.84 bits per heavy atom. The number of H-pyrrole nitrogens is 1. The second kappa shape index (κ2) is 11.8. The van der Waals surface area contributed by atoms with Gasteiger partial charge in [-0.25, -0.2) is 14.6 Å². The van der Waals surface area contributed by atoms with Crippen molar-refractivity contribution >= 4 is 40.4 Å². The lowest BCUT2D eigenvalue weighted by Crippen LogP contribution is -2.66. The van der Waals surface area contributed by atoms with E-state index in [4.69, 9.17) is 15.9 Å². The summed E-state index contributed by atoms with van der Waals surface area (Å²) in [5.74, 6) is 0.850. The van der Waals surface area contributed by atoms with Crippen LogP contribution in [0, 0.1) is 12.3 Å². The van der Waals surface area contributed by atoms with Gasteiger partial charge in [0.25, 0.3) is 0 Å². The van der Waals surface area contributed by atoms with E-state index in [1.54, 1.807) is 12.1 Å². The number of hydrogen-bond acceptors (Lipinski definition) is 5. The summed E-state index contributed by atoms with van der Waals surface area (Å²) >= 11 is 0. The van der Waals surface area contributed by atoms with E-state index >= 15 is 0 Å². The van der Waals surface area contributed by atoms with Crippen molar-refractivity contribution < 1.29 is 14.3 Å². The Labute approximate surface area is 250 Å². The maximum atomic E-state index is 13.4. The van der Waals surface area contributed by atoms with Crippen LogP contribution >= 0.6 is 0 Å². The third kappa shape index (κ3) is 5.89. The molecule has 0 bridgehead atoms. The van der Waals surface area contributed by atoms with E-state index in [1.807, 2.05) is 77.4 Å². The summed E-state index contributed by atoms with van der Waals surface area (Å²) in [5.41, 5.74) is 14.0. The molecular weight excluding hydrogens is 544 g/mol. The minimum absolute atomic E-state index is 0.0195. The Bertz CT molecular complexity index is 1630. The van der Waals surface area contributed by atoms with Gasteiger partial charge >= 0.3 is 12.1 Å². The van der Waals surface area contributed by atoms with E-state index < -0.39 is 6.09 Å². The highest BCUT2D eigenvalue weighted by Crippen LogP contribution is 2.32. The SMILES string of the molecule is Cc1nc2ccc([N+]3(NC(=O)OCCc4ccc(C(=N)N)cc4)CCC(N4CCN(c5ccccc5)C4=O)CC3)cc2[nH]1. The number of quaternary nitrogens is 1. The number of aromatic amines is 1. The number of benzene rings is 3. The standard InChI is InChI=1S/C32H36N8O3/c1-22-35-28-12-11-27(21-29(28)36-22)40(37-31(41)43-20-15-23-7-9-24(10-8-23)30(33)34)18-13-26(14-19-40)39-17-16-38(32(39)42)25-5-3-2-4-6-25/h2-12,21,26H,13-20H2,1H3,(H4-,33,34,35,36,37,41)/p+1. The molecule has 6 rings (SSSR count). The molecule has 0 spiro atoms. The number of carbonyl (C=O) groups is 2. The lowest BCUT2D eigenvalue weighted by molar-refractivity contribution is 0.0791. The highest BCUT2D eigenvalue weighted by molar-refractivity contribution is 5.95. The molecule has 3 heterocycles. The highest BCUT2D eigenvalue weighted by atomic mass is 16.6. The van der Waals surface area contributed by atoms with Crippen molar-refractivity contribution in [3.05, 3.63) is 89.7 Å². The number of amidine groups is 1. The van der Waals surface area contributed by atoms with Gasteiger partial charge in [0.1, 0.15) is 24.7 Å². The number of aromatic nitrogens is 2. The van der Waals surface area contributed by atoms with Gasteiger partial charge in [-0.3, -0.25) is 10.3 Å². The molecule has 2 aliphatic heterocycles. The first-order valence-electron chi connectivity index (χ1n) is 14.7. The van der Waals surface area contributed by atoms with E-state index in [9.17, 15) is 9.59 Å². The number of para-hydroxylation sites is 1. The summed E-state index contributed by atoms with van der Waals surface area (Å²) in [5, 5.41) is 7.54. The van der Waals surface area contributed by atoms with Crippen LogP contribution in [-0.4, -0.2) is 71.7 Å². The number of imidazole rings is 1. The number of ether oxygens (including phenoxy) is 1. The number of nitrogens with one attached hydrogen (secondary N) is 3. The maximum absolute atomic E-state index is 13.4. The molecule has 2 aliphatic rings. The Hall–Kier alpha value is -4.90. The number of aryl methyl sites for hydroxylation is 1. The van der Waals surface area contributed by atoms with Crippen molar-refractivity contribution in [2.75, 3.05) is 37.7 Å². The van der Waals surface area contributed by atoms with Gasteiger partial charge in [-0.2, -0.15) is 10.0 Å². The summed E-state index contributed by atoms with van der Waals surface area (Å²) in [6.07, 6.45) is 1.52. The molecule has 3 amide bonds. The van der Waals surface area contributed by atoms with Crippen molar-refractivity contribution in [1.29, 1.82) is 5.41 Å². The molecule has 0 radical (unpaired) electrons. The molecule has 5 N–H and O–H groups in total. The van der Waals surface area contributed by atoms with Crippen LogP contribution in [0.5, 0.6) is 0 Å². The van der Waals surface area contributed by atoms with Crippen molar-refractivity contribution in [3.8, 4) is 0 Å². The number of piperidine rings is 1. The van der Waals surface area contributed by atoms with Crippen LogP contribution in [-0.2, 0) is 11.2 Å². The zero-order chi connectivity index (χ0) is 30.0. The van der Waals surface area contributed by atoms with Crippen LogP contribution in [0.2, 0.25) is 0 Å². The third-order valence-corrected chi connectivity index (χ3v) is 8.51. The number of nitrogens with zero attached hydrogens (tertiary/aromatic N) is 4. The first-order valence-corrected chi connectivity index (χ1v) is 14.7. The lowest BCUT2D eigenvalue weighted by atomic mass is 10.0. The predicted molar refractivity (Wildman–Crippen MR) is 167 cm³/mol. The number of hydrogen-bond donors (Lipinski definition) is 4. The largest absolute Gasteiger partial charge is 0.452 e. The summed E-state index contributed by atoms with van der Waals surface area (Å²) in [6, 6.07) is 23.3. The van der Waals surface area contributed by atoms with Crippen molar-refractivity contribution in [1.82, 2.24) is 24.9 Å². The fourth-order valence-corrected chi connectivity index (χ4v) is 6.19. The van der Waals surface area contributed by atoms with Gasteiger partial charge < -0.3 is 20.4 Å². The summed E-state index contributed by atoms with van der Waals surface area (Å²) in [6.45, 7) is 4.70. The van der Waals surface area contributed by atoms with E-state index in [0.717, 1.165) is 46.6 Å². The van der Waals surface area contributed by atoms with Gasteiger partial charge in [0.05, 0.1) is 17.6 Å². The van der Waals surface area contributed by atoms with E-state index in [1.165, 1.54) is 0 Å². The Morgan fingerprint density at radius 3 is 2.56 bits per heavy atom. The van der Waals surface area contributed by atoms with Gasteiger partial charge in [-0.1, -0.05) is 42.5 Å². The number of rotatable bonds is 8. The minimum Gasteiger partial charge on any atom is -0.446 e. The molecule has 0 atom stereocenters. The van der Waals surface area contributed by atoms with Gasteiger partial charge in [0, 0.05) is 61.8 Å². The molecule has 0 saturated carbocycles. The maximum Gasteiger partial charge on any atom is 0.452 e. The van der Waals surface area contributed by atoms with E-state index in [-0.39, 0.29) is 29.1 Å². The first kappa shape index (κ1) is 28.2. The molecule has 11 nitrogen and oxygen atoms in total. The Balaban J connectivity index is 1.15. The van der Waals surface area contributed by atoms with Gasteiger partial charge in [-0.05, 0) is 30.7 Å². The number of urea groups is 1. The molecule has 2 fully saturated rings. The predicted octanol–water partition coefficient (Wildman–Crippen LogP) is 4.45. The topological polar surface area (TPSA) is 140 Å². The van der Waals surface area contributed by atoms with Crippen molar-refractivity contribution in [2.24, 2.45) is 5.73 Å². The van der Waals surface area contributed by atoms with Crippen LogP contribution in [0.4, 0.5) is 21.0 Å². The fraction of sp³-hybridized carbons (Fsp3) is 0.312. The normalized spacial score (nSPS) is 20.4. The molecular formula is C32H37N8O3+. The highest BCUT2D eigenvalue weighted by Gasteiger charge is 2.44. The zero-order valence-corrected chi connectivity index (χ0v) is 24.3. The zero-order valence-electron chi connectivity index (χ0n) is 24.3. The number of fused-ring (bicyclic) bond motifs is 1. The second-order valence-electron chi connectivity index (χ2n) is 11.2. The van der Waals surface area contributed by atoms with Crippen molar-refractivity contribution in [2.45, 2.75) is 32.2 Å². The Morgan fingerprint density at radius 1 is 1.09 bits per heavy atom. The van der Waals surface area contributed by atoms with Crippen LogP contribution in [0.1, 0.15) is 29.8 Å². The third-order valence-electron chi connectivity index (χ3n) is 8.51. The van der Waals surface area contributed by atoms with Crippen LogP contribution < -0.4 is 20.7 Å². The molecule has 2 saturated heterocycles. The quantitative estimate of drug-likeness (QED) is 0.138. The van der Waals surface area contributed by atoms with Crippen LogP contribution in [0.3, 0.4) is 0 Å². The average molecular weight is 582 g/mol. The lowest BCUT2D eigenvalue weighted by Gasteiger charge is -2.43. The fourth-order valence-electron chi connectivity index (χ4n) is 6.19. The van der Waals surface area contributed by atoms with Gasteiger partial charge in [0.15, 0.2) is 5.69 Å². The summed E-state index contributed by atoms with van der Waals surface area (Å²) in [4.78, 5) is 38.2. The molecule has 11 heteroatoms. The number of carbonyl (C=O) groups excluding carboxylic acids is 2. The molecule has 0 aliphatic carbocycles. The van der Waals surface area contributed by atoms with E-state index in [0.29, 0.717) is 38.2 Å². The van der Waals surface area contributed by atoms with Crippen LogP contribution in [0.15, 0.2) is 72.8 Å².